The molecule has 0 spiro atoms. The Morgan fingerprint density at radius 2 is 1.87 bits per heavy atom. The average Bonchev–Trinajstić information content (AvgIpc) is 3.14. The second kappa shape index (κ2) is 9.14. The molecule has 0 saturated carbocycles. The summed E-state index contributed by atoms with van der Waals surface area (Å²) in [6, 6.07) is 12.3. The molecule has 2 aromatic carbocycles. The molecule has 1 aliphatic heterocycles. The van der Waals surface area contributed by atoms with Crippen LogP contribution in [0.3, 0.4) is 0 Å². The third kappa shape index (κ3) is 5.27. The fourth-order valence-electron chi connectivity index (χ4n) is 3.96. The van der Waals surface area contributed by atoms with Gasteiger partial charge in [0, 0.05) is 24.1 Å². The molecule has 1 aliphatic rings. The van der Waals surface area contributed by atoms with Gasteiger partial charge in [-0.25, -0.2) is 0 Å². The van der Waals surface area contributed by atoms with E-state index in [1.807, 2.05) is 6.07 Å². The van der Waals surface area contributed by atoms with E-state index in [4.69, 9.17) is 32.5 Å². The van der Waals surface area contributed by atoms with Crippen molar-refractivity contribution in [2.45, 2.75) is 24.7 Å². The predicted octanol–water partition coefficient (Wildman–Crippen LogP) is 4.45. The van der Waals surface area contributed by atoms with Crippen molar-refractivity contribution in [1.82, 2.24) is 4.90 Å². The monoisotopic (exact) mass is 471 g/mol. The summed E-state index contributed by atoms with van der Waals surface area (Å²) in [6.07, 6.45) is 1.40. The Labute approximate surface area is 186 Å². The summed E-state index contributed by atoms with van der Waals surface area (Å²) >= 11 is 12.3. The molecule has 0 bridgehead atoms. The fraction of sp³-hybridized carbons (Fsp3) is 0.381. The highest BCUT2D eigenvalue weighted by Gasteiger charge is 2.41. The van der Waals surface area contributed by atoms with E-state index in [1.165, 1.54) is 0 Å². The van der Waals surface area contributed by atoms with Gasteiger partial charge in [-0.05, 0) is 61.2 Å². The second-order valence-electron chi connectivity index (χ2n) is 7.50. The Hall–Kier alpha value is -1.80. The molecular weight excluding hydrogens is 449 g/mol. The highest BCUT2D eigenvalue weighted by Crippen LogP contribution is 2.41. The van der Waals surface area contributed by atoms with Crippen molar-refractivity contribution in [2.24, 2.45) is 0 Å². The zero-order chi connectivity index (χ0) is 21.9. The van der Waals surface area contributed by atoms with Gasteiger partial charge in [-0.2, -0.15) is 8.42 Å². The number of amides is 1. The van der Waals surface area contributed by atoms with Crippen LogP contribution >= 0.6 is 23.2 Å². The Morgan fingerprint density at radius 1 is 1.17 bits per heavy atom. The second-order valence-corrected chi connectivity index (χ2v) is 9.89. The van der Waals surface area contributed by atoms with Crippen molar-refractivity contribution in [3.8, 4) is 5.75 Å². The number of hydrogen-bond acceptors (Lipinski definition) is 4. The number of carbonyl (C=O) groups is 1. The van der Waals surface area contributed by atoms with Crippen molar-refractivity contribution in [1.29, 1.82) is 0 Å². The number of hydrogen-bond donors (Lipinski definition) is 1. The molecule has 1 N–H and O–H groups in total. The van der Waals surface area contributed by atoms with Crippen LogP contribution in [-0.2, 0) is 15.5 Å². The van der Waals surface area contributed by atoms with Gasteiger partial charge in [-0.15, -0.1) is 0 Å². The molecule has 0 aliphatic carbocycles. The Morgan fingerprint density at radius 3 is 2.47 bits per heavy atom. The number of rotatable bonds is 7. The predicted molar refractivity (Wildman–Crippen MR) is 117 cm³/mol. The van der Waals surface area contributed by atoms with Gasteiger partial charge in [0.25, 0.3) is 16.0 Å². The molecule has 0 aromatic heterocycles. The zero-order valence-corrected chi connectivity index (χ0v) is 18.8. The first kappa shape index (κ1) is 22.9. The smallest absolute Gasteiger partial charge is 0.264 e. The van der Waals surface area contributed by atoms with Gasteiger partial charge in [0.05, 0.1) is 22.9 Å². The van der Waals surface area contributed by atoms with E-state index in [2.05, 4.69) is 0 Å². The van der Waals surface area contributed by atoms with E-state index in [-0.39, 0.29) is 18.1 Å². The summed E-state index contributed by atoms with van der Waals surface area (Å²) in [6.45, 7) is 0.943. The molecular formula is C21H23Cl2NO5S. The standard InChI is InChI=1S/C21H23Cl2NO5S/c1-29-17-6-3-15(4-7-17)20(25)24-11-10-21(14-24,9-2-12-30(26,27)28)16-5-8-18(22)19(23)13-16/h3-8,13H,2,9-12,14H2,1H3,(H,26,27,28). The molecule has 9 heteroatoms. The normalized spacial score (nSPS) is 19.1. The van der Waals surface area contributed by atoms with Crippen LogP contribution in [0.4, 0.5) is 0 Å². The van der Waals surface area contributed by atoms with E-state index < -0.39 is 15.5 Å². The van der Waals surface area contributed by atoms with E-state index >= 15 is 0 Å². The molecule has 6 nitrogen and oxygen atoms in total. The maximum Gasteiger partial charge on any atom is 0.264 e. The molecule has 3 rings (SSSR count). The van der Waals surface area contributed by atoms with Crippen molar-refractivity contribution in [3.05, 3.63) is 63.6 Å². The SMILES string of the molecule is COc1ccc(C(=O)N2CCC(CCCS(=O)(=O)O)(c3ccc(Cl)c(Cl)c3)C2)cc1. The lowest BCUT2D eigenvalue weighted by atomic mass is 9.76. The maximum atomic E-state index is 13.0. The third-order valence-corrected chi connectivity index (χ3v) is 7.11. The number of ether oxygens (including phenoxy) is 1. The number of methoxy groups -OCH3 is 1. The molecule has 1 saturated heterocycles. The molecule has 1 heterocycles. The first-order chi connectivity index (χ1) is 14.1. The van der Waals surface area contributed by atoms with E-state index in [0.29, 0.717) is 47.3 Å². The van der Waals surface area contributed by atoms with Crippen molar-refractivity contribution in [2.75, 3.05) is 26.0 Å². The maximum absolute atomic E-state index is 13.0. The van der Waals surface area contributed by atoms with Crippen LogP contribution in [0.2, 0.25) is 10.0 Å². The lowest BCUT2D eigenvalue weighted by Gasteiger charge is -2.30. The summed E-state index contributed by atoms with van der Waals surface area (Å²) < 4.78 is 36.7. The van der Waals surface area contributed by atoms with Crippen LogP contribution in [0.5, 0.6) is 5.75 Å². The van der Waals surface area contributed by atoms with Crippen LogP contribution in [0.1, 0.15) is 35.2 Å². The van der Waals surface area contributed by atoms with Crippen LogP contribution in [0.25, 0.3) is 0 Å². The van der Waals surface area contributed by atoms with Gasteiger partial charge >= 0.3 is 0 Å². The van der Waals surface area contributed by atoms with Gasteiger partial charge in [0.1, 0.15) is 5.75 Å². The number of likely N-dealkylation sites (tertiary alicyclic amines) is 1. The van der Waals surface area contributed by atoms with Crippen molar-refractivity contribution >= 4 is 39.2 Å². The van der Waals surface area contributed by atoms with E-state index in [1.54, 1.807) is 48.4 Å². The van der Waals surface area contributed by atoms with E-state index in [9.17, 15) is 13.2 Å². The van der Waals surface area contributed by atoms with Gasteiger partial charge in [0.15, 0.2) is 0 Å². The minimum absolute atomic E-state index is 0.102. The number of halogens is 2. The number of benzene rings is 2. The highest BCUT2D eigenvalue weighted by atomic mass is 35.5. The first-order valence-corrected chi connectivity index (χ1v) is 11.8. The van der Waals surface area contributed by atoms with Crippen LogP contribution in [0, 0.1) is 0 Å². The summed E-state index contributed by atoms with van der Waals surface area (Å²) in [7, 11) is -2.49. The Balaban J connectivity index is 1.85. The van der Waals surface area contributed by atoms with E-state index in [0.717, 1.165) is 5.56 Å². The molecule has 2 aromatic rings. The highest BCUT2D eigenvalue weighted by molar-refractivity contribution is 7.85. The molecule has 1 unspecified atom stereocenters. The van der Waals surface area contributed by atoms with Gasteiger partial charge < -0.3 is 9.64 Å². The molecule has 162 valence electrons. The third-order valence-electron chi connectivity index (χ3n) is 5.57. The van der Waals surface area contributed by atoms with Crippen LogP contribution in [0.15, 0.2) is 42.5 Å². The largest absolute Gasteiger partial charge is 0.497 e. The fourth-order valence-corrected chi connectivity index (χ4v) is 4.77. The number of nitrogens with zero attached hydrogens (tertiary/aromatic N) is 1. The molecule has 1 fully saturated rings. The average molecular weight is 472 g/mol. The van der Waals surface area contributed by atoms with Crippen molar-refractivity contribution in [3.63, 3.8) is 0 Å². The minimum Gasteiger partial charge on any atom is -0.497 e. The molecule has 30 heavy (non-hydrogen) atoms. The van der Waals surface area contributed by atoms with Crippen LogP contribution in [-0.4, -0.2) is 49.7 Å². The number of carbonyl (C=O) groups excluding carboxylic acids is 1. The lowest BCUT2D eigenvalue weighted by molar-refractivity contribution is 0.0782. The topological polar surface area (TPSA) is 83.9 Å². The van der Waals surface area contributed by atoms with Crippen molar-refractivity contribution < 1.29 is 22.5 Å². The minimum atomic E-state index is -4.06. The molecule has 0 radical (unpaired) electrons. The Bertz CT molecular complexity index is 1030. The lowest BCUT2D eigenvalue weighted by Crippen LogP contribution is -2.35. The molecule has 1 amide bonds. The first-order valence-electron chi connectivity index (χ1n) is 9.48. The molecule has 1 atom stereocenters. The van der Waals surface area contributed by atoms with Crippen LogP contribution < -0.4 is 4.74 Å². The quantitative estimate of drug-likeness (QED) is 0.602. The summed E-state index contributed by atoms with van der Waals surface area (Å²) in [4.78, 5) is 14.8. The van der Waals surface area contributed by atoms with Gasteiger partial charge in [0.2, 0.25) is 0 Å². The summed E-state index contributed by atoms with van der Waals surface area (Å²) in [5, 5.41) is 0.834. The summed E-state index contributed by atoms with van der Waals surface area (Å²) in [5.74, 6) is 0.236. The summed E-state index contributed by atoms with van der Waals surface area (Å²) in [5.41, 5.74) is 0.983. The Kier molecular flexibility index (Phi) is 6.97. The zero-order valence-electron chi connectivity index (χ0n) is 16.5. The van der Waals surface area contributed by atoms with Gasteiger partial charge in [-0.3, -0.25) is 9.35 Å². The van der Waals surface area contributed by atoms with Gasteiger partial charge in [-0.1, -0.05) is 29.3 Å².